The van der Waals surface area contributed by atoms with Gasteiger partial charge in [0.2, 0.25) is 11.6 Å². The lowest BCUT2D eigenvalue weighted by Crippen LogP contribution is -2.38. The summed E-state index contributed by atoms with van der Waals surface area (Å²) in [4.78, 5) is 21.2. The van der Waals surface area contributed by atoms with E-state index in [0.717, 1.165) is 66.8 Å². The minimum atomic E-state index is 0. The Morgan fingerprint density at radius 1 is 1.10 bits per heavy atom. The van der Waals surface area contributed by atoms with Gasteiger partial charge in [0.05, 0.1) is 34.8 Å². The van der Waals surface area contributed by atoms with Gasteiger partial charge in [0, 0.05) is 26.2 Å². The molecule has 1 fully saturated rings. The summed E-state index contributed by atoms with van der Waals surface area (Å²) in [5, 5.41) is 1.94. The van der Waals surface area contributed by atoms with Crippen LogP contribution >= 0.6 is 28.3 Å². The first-order chi connectivity index (χ1) is 13.7. The summed E-state index contributed by atoms with van der Waals surface area (Å²) in [6.07, 6.45) is 0. The number of ether oxygens (including phenoxy) is 1. The molecule has 8 heteroatoms. The summed E-state index contributed by atoms with van der Waals surface area (Å²) in [6, 6.07) is 12.0. The first kappa shape index (κ1) is 20.3. The van der Waals surface area contributed by atoms with E-state index in [2.05, 4.69) is 21.6 Å². The Labute approximate surface area is 183 Å². The Kier molecular flexibility index (Phi) is 5.87. The van der Waals surface area contributed by atoms with Crippen LogP contribution in [0.1, 0.15) is 21.1 Å². The molecule has 3 aromatic heterocycles. The minimum Gasteiger partial charge on any atom is -0.379 e. The lowest BCUT2D eigenvalue weighted by atomic mass is 10.2. The molecular formula is C21H23BrN4O2S. The molecule has 5 rings (SSSR count). The van der Waals surface area contributed by atoms with Gasteiger partial charge in [-0.25, -0.2) is 4.98 Å². The molecule has 29 heavy (non-hydrogen) atoms. The number of morpholine rings is 1. The van der Waals surface area contributed by atoms with Crippen LogP contribution in [0.3, 0.4) is 0 Å². The van der Waals surface area contributed by atoms with Gasteiger partial charge in [0.15, 0.2) is 0 Å². The molecule has 0 saturated carbocycles. The van der Waals surface area contributed by atoms with E-state index in [-0.39, 0.29) is 22.8 Å². The molecule has 152 valence electrons. The zero-order chi connectivity index (χ0) is 19.1. The number of carbonyl (C=O) groups is 1. The molecule has 4 heterocycles. The largest absolute Gasteiger partial charge is 0.379 e. The van der Waals surface area contributed by atoms with Crippen LogP contribution in [0.2, 0.25) is 0 Å². The van der Waals surface area contributed by atoms with Gasteiger partial charge in [0.1, 0.15) is 5.69 Å². The van der Waals surface area contributed by atoms with Crippen LogP contribution in [0.15, 0.2) is 41.8 Å². The molecule has 6 nitrogen and oxygen atoms in total. The van der Waals surface area contributed by atoms with Crippen LogP contribution in [0.4, 0.5) is 0 Å². The van der Waals surface area contributed by atoms with Crippen molar-refractivity contribution in [1.82, 2.24) is 18.9 Å². The number of aromatic nitrogens is 3. The number of fused-ring (bicyclic) bond motifs is 3. The number of carbonyl (C=O) groups excluding carboxylic acids is 1. The van der Waals surface area contributed by atoms with E-state index in [4.69, 9.17) is 9.72 Å². The Hall–Kier alpha value is -2.00. The predicted octanol–water partition coefficient (Wildman–Crippen LogP) is 3.80. The van der Waals surface area contributed by atoms with Crippen molar-refractivity contribution >= 4 is 50.9 Å². The SMILES string of the molecule is Br.Cc1nc2n(CCN3CCOCC3)c3ccccc3n2c1C(=O)c1cccs1. The summed E-state index contributed by atoms with van der Waals surface area (Å²) >= 11 is 1.47. The van der Waals surface area contributed by atoms with Crippen molar-refractivity contribution in [3.63, 3.8) is 0 Å². The third-order valence-corrected chi connectivity index (χ3v) is 6.26. The molecule has 0 spiro atoms. The molecule has 1 saturated heterocycles. The second-order valence-corrected chi connectivity index (χ2v) is 8.03. The molecule has 0 N–H and O–H groups in total. The Morgan fingerprint density at radius 2 is 1.86 bits per heavy atom. The standard InChI is InChI=1S/C21H22N4O2S.BrH/c1-15-19(20(26)18-7-4-14-28-18)25-17-6-3-2-5-16(17)24(21(25)22-15)9-8-23-10-12-27-13-11-23;/h2-7,14H,8-13H2,1H3;1H. The van der Waals surface area contributed by atoms with Crippen molar-refractivity contribution in [2.24, 2.45) is 0 Å². The molecule has 1 aliphatic rings. The highest BCUT2D eigenvalue weighted by Crippen LogP contribution is 2.27. The number of ketones is 1. The maximum atomic E-state index is 13.2. The number of rotatable bonds is 5. The summed E-state index contributed by atoms with van der Waals surface area (Å²) in [6.45, 7) is 7.22. The molecule has 0 unspecified atom stereocenters. The molecule has 1 aliphatic heterocycles. The Morgan fingerprint density at radius 3 is 2.59 bits per heavy atom. The first-order valence-electron chi connectivity index (χ1n) is 9.58. The van der Waals surface area contributed by atoms with E-state index in [9.17, 15) is 4.79 Å². The van der Waals surface area contributed by atoms with Crippen molar-refractivity contribution in [1.29, 1.82) is 0 Å². The van der Waals surface area contributed by atoms with E-state index >= 15 is 0 Å². The number of hydrogen-bond donors (Lipinski definition) is 0. The van der Waals surface area contributed by atoms with E-state index in [1.54, 1.807) is 0 Å². The fourth-order valence-corrected chi connectivity index (χ4v) is 4.65. The quantitative estimate of drug-likeness (QED) is 0.412. The number of halogens is 1. The number of aryl methyl sites for hydroxylation is 1. The van der Waals surface area contributed by atoms with Gasteiger partial charge < -0.3 is 9.30 Å². The van der Waals surface area contributed by atoms with Crippen LogP contribution in [0, 0.1) is 6.92 Å². The number of nitrogens with zero attached hydrogens (tertiary/aromatic N) is 4. The van der Waals surface area contributed by atoms with Crippen molar-refractivity contribution in [3.05, 3.63) is 58.0 Å². The smallest absolute Gasteiger partial charge is 0.221 e. The zero-order valence-electron chi connectivity index (χ0n) is 16.2. The number of imidazole rings is 2. The summed E-state index contributed by atoms with van der Waals surface area (Å²) < 4.78 is 9.73. The van der Waals surface area contributed by atoms with Gasteiger partial charge in [-0.1, -0.05) is 18.2 Å². The van der Waals surface area contributed by atoms with Gasteiger partial charge in [0.25, 0.3) is 0 Å². The highest BCUT2D eigenvalue weighted by molar-refractivity contribution is 8.93. The third kappa shape index (κ3) is 3.54. The summed E-state index contributed by atoms with van der Waals surface area (Å²) in [5.74, 6) is 0.878. The van der Waals surface area contributed by atoms with Crippen molar-refractivity contribution in [2.75, 3.05) is 32.8 Å². The molecular weight excluding hydrogens is 452 g/mol. The normalized spacial score (nSPS) is 15.1. The third-order valence-electron chi connectivity index (χ3n) is 5.39. The second-order valence-electron chi connectivity index (χ2n) is 7.08. The predicted molar refractivity (Wildman–Crippen MR) is 121 cm³/mol. The maximum absolute atomic E-state index is 13.2. The number of hydrogen-bond acceptors (Lipinski definition) is 5. The van der Waals surface area contributed by atoms with Gasteiger partial charge in [-0.2, -0.15) is 0 Å². The van der Waals surface area contributed by atoms with Gasteiger partial charge in [-0.05, 0) is 30.5 Å². The molecule has 1 aromatic carbocycles. The Balaban J connectivity index is 0.00000205. The minimum absolute atomic E-state index is 0. The average molecular weight is 475 g/mol. The summed E-state index contributed by atoms with van der Waals surface area (Å²) in [5.41, 5.74) is 3.58. The zero-order valence-corrected chi connectivity index (χ0v) is 18.7. The van der Waals surface area contributed by atoms with Gasteiger partial charge >= 0.3 is 0 Å². The fourth-order valence-electron chi connectivity index (χ4n) is 3.99. The second kappa shape index (κ2) is 8.39. The highest BCUT2D eigenvalue weighted by atomic mass is 79.9. The molecule has 0 aliphatic carbocycles. The average Bonchev–Trinajstić information content (AvgIpc) is 3.43. The lowest BCUT2D eigenvalue weighted by molar-refractivity contribution is 0.0366. The first-order valence-corrected chi connectivity index (χ1v) is 10.5. The number of thiophene rings is 1. The topological polar surface area (TPSA) is 51.8 Å². The van der Waals surface area contributed by atoms with Crippen LogP contribution in [0.25, 0.3) is 16.8 Å². The molecule has 0 amide bonds. The molecule has 0 atom stereocenters. The molecule has 0 radical (unpaired) electrons. The number of para-hydroxylation sites is 2. The molecule has 0 bridgehead atoms. The van der Waals surface area contributed by atoms with Crippen LogP contribution in [0.5, 0.6) is 0 Å². The lowest BCUT2D eigenvalue weighted by Gasteiger charge is -2.26. The van der Waals surface area contributed by atoms with E-state index in [1.807, 2.05) is 41.0 Å². The fraction of sp³-hybridized carbons (Fsp3) is 0.333. The molecule has 4 aromatic rings. The van der Waals surface area contributed by atoms with Crippen LogP contribution < -0.4 is 0 Å². The van der Waals surface area contributed by atoms with E-state index < -0.39 is 0 Å². The van der Waals surface area contributed by atoms with Crippen molar-refractivity contribution in [2.45, 2.75) is 13.5 Å². The maximum Gasteiger partial charge on any atom is 0.221 e. The number of benzene rings is 1. The van der Waals surface area contributed by atoms with Crippen LogP contribution in [-0.2, 0) is 11.3 Å². The highest BCUT2D eigenvalue weighted by Gasteiger charge is 2.24. The Bertz CT molecular complexity index is 1140. The van der Waals surface area contributed by atoms with Gasteiger partial charge in [-0.3, -0.25) is 14.1 Å². The van der Waals surface area contributed by atoms with Crippen molar-refractivity contribution in [3.8, 4) is 0 Å². The van der Waals surface area contributed by atoms with E-state index in [1.165, 1.54) is 11.3 Å². The van der Waals surface area contributed by atoms with Gasteiger partial charge in [-0.15, -0.1) is 28.3 Å². The van der Waals surface area contributed by atoms with E-state index in [0.29, 0.717) is 5.69 Å². The monoisotopic (exact) mass is 474 g/mol. The van der Waals surface area contributed by atoms with Crippen LogP contribution in [-0.4, -0.2) is 57.5 Å². The summed E-state index contributed by atoms with van der Waals surface area (Å²) in [7, 11) is 0. The van der Waals surface area contributed by atoms with Crippen molar-refractivity contribution < 1.29 is 9.53 Å².